The molecule has 0 aromatic heterocycles. The molecule has 128 valence electrons. The summed E-state index contributed by atoms with van der Waals surface area (Å²) in [6, 6.07) is 8.17. The molecule has 5 nitrogen and oxygen atoms in total. The molecule has 1 amide bonds. The van der Waals surface area contributed by atoms with Crippen molar-refractivity contribution in [3.05, 3.63) is 29.8 Å². The van der Waals surface area contributed by atoms with Gasteiger partial charge in [0.1, 0.15) is 12.4 Å². The smallest absolute Gasteiger partial charge is 0.221 e. The number of morpholine rings is 1. The van der Waals surface area contributed by atoms with Crippen LogP contribution in [0.2, 0.25) is 0 Å². The number of ether oxygens (including phenoxy) is 2. The molecule has 1 aliphatic heterocycles. The Morgan fingerprint density at radius 3 is 2.87 bits per heavy atom. The van der Waals surface area contributed by atoms with Gasteiger partial charge in [0.2, 0.25) is 5.91 Å². The van der Waals surface area contributed by atoms with Crippen LogP contribution in [0.5, 0.6) is 5.75 Å². The minimum atomic E-state index is 0.0284. The minimum Gasteiger partial charge on any atom is -0.491 e. The van der Waals surface area contributed by atoms with E-state index in [0.29, 0.717) is 26.2 Å². The SMILES string of the molecule is CC(C)(C)c1ccccc1OCCNC(=O)CC1COCCN1. The normalized spacial score (nSPS) is 18.5. The van der Waals surface area contributed by atoms with E-state index in [4.69, 9.17) is 9.47 Å². The number of amides is 1. The van der Waals surface area contributed by atoms with Crippen LogP contribution in [0.15, 0.2) is 24.3 Å². The molecular formula is C18H28N2O3. The Hall–Kier alpha value is -1.59. The topological polar surface area (TPSA) is 59.6 Å². The molecule has 0 aliphatic carbocycles. The van der Waals surface area contributed by atoms with Gasteiger partial charge in [0.15, 0.2) is 0 Å². The third kappa shape index (κ3) is 5.84. The highest BCUT2D eigenvalue weighted by Crippen LogP contribution is 2.30. The van der Waals surface area contributed by atoms with Gasteiger partial charge in [-0.25, -0.2) is 0 Å². The second-order valence-electron chi connectivity index (χ2n) is 6.87. The Morgan fingerprint density at radius 2 is 2.17 bits per heavy atom. The van der Waals surface area contributed by atoms with E-state index >= 15 is 0 Å². The van der Waals surface area contributed by atoms with E-state index in [9.17, 15) is 4.79 Å². The van der Waals surface area contributed by atoms with Gasteiger partial charge in [-0.3, -0.25) is 4.79 Å². The molecule has 1 unspecified atom stereocenters. The fourth-order valence-corrected chi connectivity index (χ4v) is 2.61. The Kier molecular flexibility index (Phi) is 6.42. The Labute approximate surface area is 138 Å². The summed E-state index contributed by atoms with van der Waals surface area (Å²) >= 11 is 0. The highest BCUT2D eigenvalue weighted by atomic mass is 16.5. The van der Waals surface area contributed by atoms with Crippen molar-refractivity contribution in [1.82, 2.24) is 10.6 Å². The maximum absolute atomic E-state index is 11.9. The monoisotopic (exact) mass is 320 g/mol. The summed E-state index contributed by atoms with van der Waals surface area (Å²) in [4.78, 5) is 11.9. The molecule has 0 spiro atoms. The predicted octanol–water partition coefficient (Wildman–Crippen LogP) is 1.86. The number of carbonyl (C=O) groups excluding carboxylic acids is 1. The third-order valence-electron chi connectivity index (χ3n) is 3.81. The molecule has 2 N–H and O–H groups in total. The van der Waals surface area contributed by atoms with Gasteiger partial charge in [-0.2, -0.15) is 0 Å². The first-order valence-electron chi connectivity index (χ1n) is 8.27. The quantitative estimate of drug-likeness (QED) is 0.786. The van der Waals surface area contributed by atoms with Crippen LogP contribution < -0.4 is 15.4 Å². The summed E-state index contributed by atoms with van der Waals surface area (Å²) in [5.74, 6) is 0.914. The maximum atomic E-state index is 11.9. The average molecular weight is 320 g/mol. The van der Waals surface area contributed by atoms with E-state index in [2.05, 4.69) is 37.5 Å². The lowest BCUT2D eigenvalue weighted by molar-refractivity contribution is -0.122. The molecule has 23 heavy (non-hydrogen) atoms. The first kappa shape index (κ1) is 17.8. The van der Waals surface area contributed by atoms with E-state index in [1.807, 2.05) is 18.2 Å². The van der Waals surface area contributed by atoms with E-state index < -0.39 is 0 Å². The van der Waals surface area contributed by atoms with Crippen LogP contribution >= 0.6 is 0 Å². The van der Waals surface area contributed by atoms with Crippen LogP contribution in [0.3, 0.4) is 0 Å². The Balaban J connectivity index is 1.72. The highest BCUT2D eigenvalue weighted by molar-refractivity contribution is 5.76. The number of hydrogen-bond acceptors (Lipinski definition) is 4. The fraction of sp³-hybridized carbons (Fsp3) is 0.611. The first-order chi connectivity index (χ1) is 11.0. The summed E-state index contributed by atoms with van der Waals surface area (Å²) in [6.45, 7) is 9.59. The molecular weight excluding hydrogens is 292 g/mol. The summed E-state index contributed by atoms with van der Waals surface area (Å²) in [7, 11) is 0. The van der Waals surface area contributed by atoms with Crippen LogP contribution in [-0.4, -0.2) is 44.9 Å². The van der Waals surface area contributed by atoms with Crippen molar-refractivity contribution in [3.8, 4) is 5.75 Å². The molecule has 1 saturated heterocycles. The van der Waals surface area contributed by atoms with Gasteiger partial charge in [-0.1, -0.05) is 39.0 Å². The number of rotatable bonds is 6. The molecule has 1 aliphatic rings. The van der Waals surface area contributed by atoms with Gasteiger partial charge in [-0.05, 0) is 17.0 Å². The molecule has 1 aromatic carbocycles. The van der Waals surface area contributed by atoms with Gasteiger partial charge in [0, 0.05) is 19.0 Å². The Bertz CT molecular complexity index is 505. The number of para-hydroxylation sites is 1. The van der Waals surface area contributed by atoms with E-state index in [0.717, 1.165) is 18.9 Å². The molecule has 0 radical (unpaired) electrons. The van der Waals surface area contributed by atoms with E-state index in [1.54, 1.807) is 0 Å². The molecule has 0 saturated carbocycles. The zero-order chi connectivity index (χ0) is 16.7. The molecule has 0 bridgehead atoms. The second-order valence-corrected chi connectivity index (χ2v) is 6.87. The average Bonchev–Trinajstić information content (AvgIpc) is 2.52. The maximum Gasteiger partial charge on any atom is 0.221 e. The molecule has 1 heterocycles. The molecule has 5 heteroatoms. The lowest BCUT2D eigenvalue weighted by atomic mass is 9.86. The largest absolute Gasteiger partial charge is 0.491 e. The summed E-state index contributed by atoms with van der Waals surface area (Å²) in [5.41, 5.74) is 1.21. The second kappa shape index (κ2) is 8.31. The standard InChI is InChI=1S/C18H28N2O3/c1-18(2,3)15-6-4-5-7-16(15)23-11-9-20-17(21)12-14-13-22-10-8-19-14/h4-7,14,19H,8-13H2,1-3H3,(H,20,21). The van der Waals surface area contributed by atoms with Crippen molar-refractivity contribution >= 4 is 5.91 Å². The summed E-state index contributed by atoms with van der Waals surface area (Å²) in [6.07, 6.45) is 0.443. The van der Waals surface area contributed by atoms with Crippen LogP contribution in [0, 0.1) is 0 Å². The van der Waals surface area contributed by atoms with Gasteiger partial charge in [0.05, 0.1) is 19.8 Å². The lowest BCUT2D eigenvalue weighted by Crippen LogP contribution is -2.44. The molecule has 1 fully saturated rings. The molecule has 1 atom stereocenters. The van der Waals surface area contributed by atoms with Crippen LogP contribution in [0.25, 0.3) is 0 Å². The minimum absolute atomic E-state index is 0.0284. The molecule has 1 aromatic rings. The summed E-state index contributed by atoms with van der Waals surface area (Å²) in [5, 5.41) is 6.17. The van der Waals surface area contributed by atoms with Gasteiger partial charge in [-0.15, -0.1) is 0 Å². The summed E-state index contributed by atoms with van der Waals surface area (Å²) < 4.78 is 11.2. The van der Waals surface area contributed by atoms with E-state index in [1.165, 1.54) is 5.56 Å². The van der Waals surface area contributed by atoms with Gasteiger partial charge < -0.3 is 20.1 Å². The zero-order valence-electron chi connectivity index (χ0n) is 14.4. The zero-order valence-corrected chi connectivity index (χ0v) is 14.4. The van der Waals surface area contributed by atoms with Gasteiger partial charge in [0.25, 0.3) is 0 Å². The number of benzene rings is 1. The lowest BCUT2D eigenvalue weighted by Gasteiger charge is -2.23. The van der Waals surface area contributed by atoms with Crippen LogP contribution in [0.1, 0.15) is 32.8 Å². The van der Waals surface area contributed by atoms with Crippen molar-refractivity contribution in [2.24, 2.45) is 0 Å². The van der Waals surface area contributed by atoms with Crippen LogP contribution in [-0.2, 0) is 14.9 Å². The number of hydrogen-bond donors (Lipinski definition) is 2. The van der Waals surface area contributed by atoms with Crippen molar-refractivity contribution in [1.29, 1.82) is 0 Å². The van der Waals surface area contributed by atoms with E-state index in [-0.39, 0.29) is 17.4 Å². The predicted molar refractivity (Wildman–Crippen MR) is 90.9 cm³/mol. The fourth-order valence-electron chi connectivity index (χ4n) is 2.61. The van der Waals surface area contributed by atoms with Crippen molar-refractivity contribution in [2.75, 3.05) is 32.9 Å². The molecule has 2 rings (SSSR count). The number of nitrogens with one attached hydrogen (secondary N) is 2. The van der Waals surface area contributed by atoms with Crippen molar-refractivity contribution in [2.45, 2.75) is 38.6 Å². The Morgan fingerprint density at radius 1 is 1.39 bits per heavy atom. The highest BCUT2D eigenvalue weighted by Gasteiger charge is 2.19. The van der Waals surface area contributed by atoms with Crippen molar-refractivity contribution in [3.63, 3.8) is 0 Å². The van der Waals surface area contributed by atoms with Crippen molar-refractivity contribution < 1.29 is 14.3 Å². The third-order valence-corrected chi connectivity index (χ3v) is 3.81. The number of carbonyl (C=O) groups is 1. The van der Waals surface area contributed by atoms with Crippen LogP contribution in [0.4, 0.5) is 0 Å². The first-order valence-corrected chi connectivity index (χ1v) is 8.27. The van der Waals surface area contributed by atoms with Gasteiger partial charge >= 0.3 is 0 Å².